The fourth-order valence-electron chi connectivity index (χ4n) is 2.40. The van der Waals surface area contributed by atoms with Crippen molar-refractivity contribution in [2.24, 2.45) is 0 Å². The minimum absolute atomic E-state index is 0.0292. The van der Waals surface area contributed by atoms with Gasteiger partial charge in [0.15, 0.2) is 9.84 Å². The Balaban J connectivity index is 1.99. The third-order valence-electron chi connectivity index (χ3n) is 3.46. The van der Waals surface area contributed by atoms with Gasteiger partial charge in [-0.1, -0.05) is 22.9 Å². The number of halogens is 1. The van der Waals surface area contributed by atoms with Gasteiger partial charge in [-0.15, -0.1) is 0 Å². The van der Waals surface area contributed by atoms with Crippen LogP contribution in [0, 0.1) is 0 Å². The minimum Gasteiger partial charge on any atom is -0.326 e. The van der Waals surface area contributed by atoms with Crippen molar-refractivity contribution in [1.29, 1.82) is 0 Å². The van der Waals surface area contributed by atoms with Gasteiger partial charge in [0.2, 0.25) is 5.91 Å². The average molecular weight is 375 g/mol. The molecule has 5 nitrogen and oxygen atoms in total. The molecular formula is C14H19BrN2O3S. The van der Waals surface area contributed by atoms with Gasteiger partial charge in [-0.05, 0) is 30.2 Å². The zero-order valence-electron chi connectivity index (χ0n) is 11.9. The van der Waals surface area contributed by atoms with E-state index in [0.717, 1.165) is 22.1 Å². The molecule has 116 valence electrons. The average Bonchev–Trinajstić information content (AvgIpc) is 2.39. The van der Waals surface area contributed by atoms with Gasteiger partial charge in [0.1, 0.15) is 0 Å². The predicted molar refractivity (Wildman–Crippen MR) is 87.2 cm³/mol. The Kier molecular flexibility index (Phi) is 5.40. The quantitative estimate of drug-likeness (QED) is 0.841. The van der Waals surface area contributed by atoms with Crippen LogP contribution in [0.4, 0.5) is 5.69 Å². The highest BCUT2D eigenvalue weighted by Crippen LogP contribution is 2.22. The topological polar surface area (TPSA) is 75.3 Å². The maximum absolute atomic E-state index is 12.1. The van der Waals surface area contributed by atoms with Gasteiger partial charge in [-0.25, -0.2) is 8.42 Å². The van der Waals surface area contributed by atoms with Gasteiger partial charge in [-0.2, -0.15) is 0 Å². The fraction of sp³-hybridized carbons (Fsp3) is 0.500. The first-order valence-electron chi connectivity index (χ1n) is 6.91. The van der Waals surface area contributed by atoms with Crippen molar-refractivity contribution in [3.05, 3.63) is 28.2 Å². The van der Waals surface area contributed by atoms with Crippen molar-refractivity contribution in [2.45, 2.75) is 25.8 Å². The summed E-state index contributed by atoms with van der Waals surface area (Å²) < 4.78 is 24.1. The predicted octanol–water partition coefficient (Wildman–Crippen LogP) is 1.73. The molecule has 2 N–H and O–H groups in total. The van der Waals surface area contributed by atoms with Crippen LogP contribution < -0.4 is 10.6 Å². The van der Waals surface area contributed by atoms with Crippen LogP contribution >= 0.6 is 15.9 Å². The molecule has 1 aliphatic heterocycles. The van der Waals surface area contributed by atoms with Gasteiger partial charge in [0, 0.05) is 29.2 Å². The van der Waals surface area contributed by atoms with Crippen molar-refractivity contribution >= 4 is 37.4 Å². The van der Waals surface area contributed by atoms with Crippen molar-refractivity contribution in [3.8, 4) is 0 Å². The van der Waals surface area contributed by atoms with Gasteiger partial charge >= 0.3 is 0 Å². The Morgan fingerprint density at radius 3 is 2.90 bits per heavy atom. The molecule has 0 radical (unpaired) electrons. The van der Waals surface area contributed by atoms with E-state index in [-0.39, 0.29) is 29.9 Å². The fourth-order valence-corrected chi connectivity index (χ4v) is 4.25. The minimum atomic E-state index is -3.02. The maximum Gasteiger partial charge on any atom is 0.225 e. The highest BCUT2D eigenvalue weighted by atomic mass is 79.9. The number of carbonyl (C=O) groups is 1. The second-order valence-electron chi connectivity index (χ2n) is 5.17. The lowest BCUT2D eigenvalue weighted by Gasteiger charge is -2.23. The highest BCUT2D eigenvalue weighted by Gasteiger charge is 2.26. The second-order valence-corrected chi connectivity index (χ2v) is 8.32. The van der Waals surface area contributed by atoms with Gasteiger partial charge in [0.25, 0.3) is 0 Å². The molecule has 1 amide bonds. The summed E-state index contributed by atoms with van der Waals surface area (Å²) >= 11 is 3.41. The molecule has 1 aromatic rings. The number of benzene rings is 1. The van der Waals surface area contributed by atoms with Gasteiger partial charge in [0.05, 0.1) is 11.5 Å². The molecular weight excluding hydrogens is 356 g/mol. The smallest absolute Gasteiger partial charge is 0.225 e. The molecule has 1 saturated heterocycles. The largest absolute Gasteiger partial charge is 0.326 e. The molecule has 0 aliphatic carbocycles. The summed E-state index contributed by atoms with van der Waals surface area (Å²) in [6.45, 7) is 2.44. The molecule has 0 spiro atoms. The van der Waals surface area contributed by atoms with Crippen LogP contribution in [0.15, 0.2) is 22.7 Å². The van der Waals surface area contributed by atoms with Crippen LogP contribution in [-0.2, 0) is 21.1 Å². The summed E-state index contributed by atoms with van der Waals surface area (Å²) in [5, 5.41) is 5.95. The van der Waals surface area contributed by atoms with E-state index < -0.39 is 9.84 Å². The zero-order chi connectivity index (χ0) is 15.5. The first kappa shape index (κ1) is 16.5. The van der Waals surface area contributed by atoms with Crippen LogP contribution in [0.5, 0.6) is 0 Å². The molecule has 1 unspecified atom stereocenters. The molecule has 0 saturated carbocycles. The summed E-state index contributed by atoms with van der Waals surface area (Å²) in [4.78, 5) is 12.1. The van der Waals surface area contributed by atoms with Crippen molar-refractivity contribution in [2.75, 3.05) is 23.4 Å². The number of aryl methyl sites for hydroxylation is 1. The number of hydrogen-bond acceptors (Lipinski definition) is 4. The molecule has 1 atom stereocenters. The van der Waals surface area contributed by atoms with E-state index in [4.69, 9.17) is 0 Å². The van der Waals surface area contributed by atoms with Crippen LogP contribution in [-0.4, -0.2) is 38.4 Å². The zero-order valence-corrected chi connectivity index (χ0v) is 14.3. The SMILES string of the molecule is CCc1cc(Br)ccc1NC(=O)CC1CS(=O)(=O)CCN1. The number of amides is 1. The molecule has 0 bridgehead atoms. The maximum atomic E-state index is 12.1. The normalized spacial score (nSPS) is 21.0. The van der Waals surface area contributed by atoms with E-state index in [1.807, 2.05) is 25.1 Å². The lowest BCUT2D eigenvalue weighted by molar-refractivity contribution is -0.116. The Morgan fingerprint density at radius 1 is 1.48 bits per heavy atom. The number of rotatable bonds is 4. The van der Waals surface area contributed by atoms with Crippen LogP contribution in [0.3, 0.4) is 0 Å². The van der Waals surface area contributed by atoms with Crippen molar-refractivity contribution < 1.29 is 13.2 Å². The highest BCUT2D eigenvalue weighted by molar-refractivity contribution is 9.10. The van der Waals surface area contributed by atoms with Gasteiger partial charge in [-0.3, -0.25) is 4.79 Å². The van der Waals surface area contributed by atoms with Crippen LogP contribution in [0.2, 0.25) is 0 Å². The number of anilines is 1. The molecule has 1 aliphatic rings. The summed E-state index contributed by atoms with van der Waals surface area (Å²) in [6, 6.07) is 5.40. The monoisotopic (exact) mass is 374 g/mol. The third-order valence-corrected chi connectivity index (χ3v) is 5.68. The van der Waals surface area contributed by atoms with E-state index in [1.54, 1.807) is 0 Å². The number of hydrogen-bond donors (Lipinski definition) is 2. The van der Waals surface area contributed by atoms with E-state index in [0.29, 0.717) is 6.54 Å². The van der Waals surface area contributed by atoms with Crippen LogP contribution in [0.25, 0.3) is 0 Å². The lowest BCUT2D eigenvalue weighted by Crippen LogP contribution is -2.46. The molecule has 1 heterocycles. The number of sulfone groups is 1. The lowest BCUT2D eigenvalue weighted by atomic mass is 10.1. The molecule has 7 heteroatoms. The first-order chi connectivity index (χ1) is 9.89. The van der Waals surface area contributed by atoms with Crippen molar-refractivity contribution in [1.82, 2.24) is 5.32 Å². The van der Waals surface area contributed by atoms with E-state index >= 15 is 0 Å². The molecule has 0 aromatic heterocycles. The Bertz CT molecular complexity index is 631. The Labute approximate surface area is 133 Å². The van der Waals surface area contributed by atoms with E-state index in [2.05, 4.69) is 26.6 Å². The Hall–Kier alpha value is -0.920. The standard InChI is InChI=1S/C14H19BrN2O3S/c1-2-10-7-11(15)3-4-13(10)17-14(18)8-12-9-21(19,20)6-5-16-12/h3-4,7,12,16H,2,5-6,8-9H2,1H3,(H,17,18). The molecule has 1 aromatic carbocycles. The number of nitrogens with one attached hydrogen (secondary N) is 2. The molecule has 1 fully saturated rings. The van der Waals surface area contributed by atoms with Gasteiger partial charge < -0.3 is 10.6 Å². The summed E-state index contributed by atoms with van der Waals surface area (Å²) in [5.74, 6) is 0.0146. The summed E-state index contributed by atoms with van der Waals surface area (Å²) in [7, 11) is -3.02. The molecule has 2 rings (SSSR count). The summed E-state index contributed by atoms with van der Waals surface area (Å²) in [6.07, 6.45) is 0.976. The second kappa shape index (κ2) is 6.89. The molecule has 21 heavy (non-hydrogen) atoms. The van der Waals surface area contributed by atoms with E-state index in [9.17, 15) is 13.2 Å². The number of carbonyl (C=O) groups excluding carboxylic acids is 1. The Morgan fingerprint density at radius 2 is 2.24 bits per heavy atom. The van der Waals surface area contributed by atoms with Crippen LogP contribution in [0.1, 0.15) is 18.9 Å². The first-order valence-corrected chi connectivity index (χ1v) is 9.53. The summed E-state index contributed by atoms with van der Waals surface area (Å²) in [5.41, 5.74) is 1.83. The van der Waals surface area contributed by atoms with E-state index in [1.165, 1.54) is 0 Å². The van der Waals surface area contributed by atoms with Crippen molar-refractivity contribution in [3.63, 3.8) is 0 Å². The third kappa shape index (κ3) is 4.79.